The lowest BCUT2D eigenvalue weighted by Gasteiger charge is -2.29. The first-order chi connectivity index (χ1) is 37.5. The number of allylic oxidation sites excluding steroid dienone is 15. The van der Waals surface area contributed by atoms with Gasteiger partial charge >= 0.3 is 0 Å². The van der Waals surface area contributed by atoms with Gasteiger partial charge in [0, 0.05) is 6.42 Å². The Morgan fingerprint density at radius 1 is 0.468 bits per heavy atom. The number of quaternary nitrogens is 1. The third kappa shape index (κ3) is 60.9. The van der Waals surface area contributed by atoms with Crippen molar-refractivity contribution < 1.29 is 32.9 Å². The van der Waals surface area contributed by atoms with Gasteiger partial charge in [0.25, 0.3) is 7.82 Å². The summed E-state index contributed by atoms with van der Waals surface area (Å²) in [5.74, 6) is -0.197. The second-order valence-corrected chi connectivity index (χ2v) is 24.1. The number of unbranched alkanes of at least 4 members (excludes halogenated alkanes) is 31. The quantitative estimate of drug-likeness (QED) is 0.0272. The minimum Gasteiger partial charge on any atom is -0.756 e. The fourth-order valence-electron chi connectivity index (χ4n) is 9.08. The van der Waals surface area contributed by atoms with Gasteiger partial charge in [0.2, 0.25) is 5.91 Å². The maximum Gasteiger partial charge on any atom is 0.268 e. The zero-order chi connectivity index (χ0) is 56.3. The number of hydrogen-bond acceptors (Lipinski definition) is 6. The Labute approximate surface area is 477 Å². The first-order valence-corrected chi connectivity index (χ1v) is 33.6. The standard InChI is InChI=1S/C68H123N2O6P/c1-6-8-10-12-14-16-18-20-22-23-24-25-26-27-28-29-30-31-32-33-34-35-36-37-38-39-40-41-42-43-44-45-46-47-48-50-52-54-56-58-60-62-68(72)69-66(65-76-77(73,74)75-64-63-70(3,4)5)67(71)61-59-57-55-53-51-49-21-19-17-15-13-11-9-7-2/h8,10,14,16,20,22,24-25,27-28,30-31,33-34,59,61,66-67,71H,6-7,9,11-13,15,17-19,21,23,26,29,32,35-58,60,62-65H2,1-5H3,(H-,69,72,73,74)/b10-8-,16-14-,22-20-,25-24-,28-27-,31-30-,34-33-,61-59+. The van der Waals surface area contributed by atoms with Gasteiger partial charge in [0.15, 0.2) is 0 Å². The predicted octanol–water partition coefficient (Wildman–Crippen LogP) is 19.5. The number of aliphatic hydroxyl groups is 1. The van der Waals surface area contributed by atoms with Crippen LogP contribution in [0.5, 0.6) is 0 Å². The number of rotatable bonds is 58. The molecular weight excluding hydrogens is 972 g/mol. The van der Waals surface area contributed by atoms with Crippen molar-refractivity contribution in [2.45, 2.75) is 289 Å². The molecule has 0 aliphatic rings. The molecule has 0 aromatic carbocycles. The van der Waals surface area contributed by atoms with Gasteiger partial charge in [0.1, 0.15) is 13.2 Å². The van der Waals surface area contributed by atoms with E-state index in [1.54, 1.807) is 6.08 Å². The van der Waals surface area contributed by atoms with Crippen LogP contribution in [0.4, 0.5) is 0 Å². The van der Waals surface area contributed by atoms with E-state index in [0.29, 0.717) is 17.4 Å². The zero-order valence-corrected chi connectivity index (χ0v) is 51.8. The van der Waals surface area contributed by atoms with Gasteiger partial charge in [-0.05, 0) is 77.0 Å². The van der Waals surface area contributed by atoms with Gasteiger partial charge in [0.05, 0.1) is 39.9 Å². The summed E-state index contributed by atoms with van der Waals surface area (Å²) in [5, 5.41) is 13.9. The van der Waals surface area contributed by atoms with Crippen molar-refractivity contribution in [2.24, 2.45) is 0 Å². The number of hydrogen-bond donors (Lipinski definition) is 2. The van der Waals surface area contributed by atoms with Crippen LogP contribution in [0, 0.1) is 0 Å². The summed E-state index contributed by atoms with van der Waals surface area (Å²) >= 11 is 0. The van der Waals surface area contributed by atoms with E-state index < -0.39 is 20.0 Å². The van der Waals surface area contributed by atoms with E-state index in [-0.39, 0.29) is 19.1 Å². The number of likely N-dealkylation sites (N-methyl/N-ethyl adjacent to an activating group) is 1. The zero-order valence-electron chi connectivity index (χ0n) is 50.9. The predicted molar refractivity (Wildman–Crippen MR) is 334 cm³/mol. The fourth-order valence-corrected chi connectivity index (χ4v) is 9.80. The lowest BCUT2D eigenvalue weighted by Crippen LogP contribution is -2.45. The lowest BCUT2D eigenvalue weighted by atomic mass is 10.0. The summed E-state index contributed by atoms with van der Waals surface area (Å²) < 4.78 is 23.3. The van der Waals surface area contributed by atoms with E-state index in [1.165, 1.54) is 173 Å². The largest absolute Gasteiger partial charge is 0.756 e. The maximum absolute atomic E-state index is 13.0. The van der Waals surface area contributed by atoms with Crippen LogP contribution in [0.1, 0.15) is 277 Å². The number of carbonyl (C=O) groups is 1. The molecule has 0 aromatic heterocycles. The number of amides is 1. The van der Waals surface area contributed by atoms with Gasteiger partial charge in [-0.15, -0.1) is 0 Å². The van der Waals surface area contributed by atoms with Crippen LogP contribution in [0.25, 0.3) is 0 Å². The number of phosphoric ester groups is 1. The van der Waals surface area contributed by atoms with E-state index in [2.05, 4.69) is 104 Å². The van der Waals surface area contributed by atoms with Gasteiger partial charge in [-0.2, -0.15) is 0 Å². The molecule has 0 bridgehead atoms. The molecule has 8 nitrogen and oxygen atoms in total. The van der Waals surface area contributed by atoms with Crippen LogP contribution in [0.15, 0.2) is 97.2 Å². The molecule has 0 rings (SSSR count). The maximum atomic E-state index is 13.0. The average molecular weight is 1100 g/mol. The van der Waals surface area contributed by atoms with Crippen LogP contribution >= 0.6 is 7.82 Å². The second-order valence-electron chi connectivity index (χ2n) is 22.7. The molecule has 77 heavy (non-hydrogen) atoms. The van der Waals surface area contributed by atoms with Crippen molar-refractivity contribution in [1.82, 2.24) is 5.32 Å². The van der Waals surface area contributed by atoms with Gasteiger partial charge in [-0.1, -0.05) is 291 Å². The average Bonchev–Trinajstić information content (AvgIpc) is 3.39. The number of aliphatic hydroxyl groups excluding tert-OH is 1. The Morgan fingerprint density at radius 3 is 1.16 bits per heavy atom. The normalized spacial score (nSPS) is 14.4. The van der Waals surface area contributed by atoms with E-state index in [1.807, 2.05) is 27.2 Å². The van der Waals surface area contributed by atoms with Crippen LogP contribution in [0.3, 0.4) is 0 Å². The number of carbonyl (C=O) groups excluding carboxylic acids is 1. The molecule has 9 heteroatoms. The molecule has 3 unspecified atom stereocenters. The summed E-state index contributed by atoms with van der Waals surface area (Å²) in [6.45, 7) is 4.54. The third-order valence-corrected chi connectivity index (χ3v) is 15.0. The monoisotopic (exact) mass is 1090 g/mol. The fraction of sp³-hybridized carbons (Fsp3) is 0.750. The molecule has 0 saturated carbocycles. The molecule has 0 fully saturated rings. The van der Waals surface area contributed by atoms with Crippen LogP contribution in [-0.4, -0.2) is 68.5 Å². The van der Waals surface area contributed by atoms with Crippen molar-refractivity contribution in [3.63, 3.8) is 0 Å². The smallest absolute Gasteiger partial charge is 0.268 e. The minimum absolute atomic E-state index is 0.00223. The molecule has 0 aromatic rings. The second kappa shape index (κ2) is 58.1. The number of phosphoric acid groups is 1. The Morgan fingerprint density at radius 2 is 0.792 bits per heavy atom. The highest BCUT2D eigenvalue weighted by Crippen LogP contribution is 2.38. The van der Waals surface area contributed by atoms with Gasteiger partial charge in [-0.25, -0.2) is 0 Å². The molecular formula is C68H123N2O6P. The lowest BCUT2D eigenvalue weighted by molar-refractivity contribution is -0.870. The molecule has 1 amide bonds. The number of nitrogens with one attached hydrogen (secondary N) is 1. The topological polar surface area (TPSA) is 108 Å². The van der Waals surface area contributed by atoms with Crippen LogP contribution in [0.2, 0.25) is 0 Å². The summed E-state index contributed by atoms with van der Waals surface area (Å²) in [6, 6.07) is -0.888. The summed E-state index contributed by atoms with van der Waals surface area (Å²) in [6.07, 6.45) is 83.7. The highest BCUT2D eigenvalue weighted by atomic mass is 31.2. The third-order valence-electron chi connectivity index (χ3n) is 14.0. The summed E-state index contributed by atoms with van der Waals surface area (Å²) in [4.78, 5) is 25.5. The molecule has 0 spiro atoms. The molecule has 0 aliphatic heterocycles. The van der Waals surface area contributed by atoms with Crippen LogP contribution in [-0.2, 0) is 18.4 Å². The first-order valence-electron chi connectivity index (χ1n) is 32.1. The molecule has 3 atom stereocenters. The van der Waals surface area contributed by atoms with E-state index in [9.17, 15) is 19.4 Å². The van der Waals surface area contributed by atoms with E-state index in [0.717, 1.165) is 83.5 Å². The molecule has 0 saturated heterocycles. The number of nitrogens with zero attached hydrogens (tertiary/aromatic N) is 1. The molecule has 0 heterocycles. The van der Waals surface area contributed by atoms with Gasteiger partial charge < -0.3 is 28.8 Å². The Hall–Kier alpha value is -2.58. The molecule has 0 radical (unpaired) electrons. The van der Waals surface area contributed by atoms with Gasteiger partial charge in [-0.3, -0.25) is 9.36 Å². The van der Waals surface area contributed by atoms with Crippen molar-refractivity contribution >= 4 is 13.7 Å². The molecule has 0 aliphatic carbocycles. The Balaban J connectivity index is 3.94. The minimum atomic E-state index is -4.60. The van der Waals surface area contributed by atoms with E-state index >= 15 is 0 Å². The van der Waals surface area contributed by atoms with Crippen molar-refractivity contribution in [3.8, 4) is 0 Å². The molecule has 2 N–H and O–H groups in total. The summed E-state index contributed by atoms with van der Waals surface area (Å²) in [5.41, 5.74) is 0. The Kier molecular flexibility index (Phi) is 56.1. The molecule has 446 valence electrons. The van der Waals surface area contributed by atoms with Crippen molar-refractivity contribution in [1.29, 1.82) is 0 Å². The van der Waals surface area contributed by atoms with Crippen molar-refractivity contribution in [2.75, 3.05) is 40.9 Å². The Bertz CT molecular complexity index is 1570. The SMILES string of the molecule is CC/C=C\C/C=C\C/C=C\C/C=C\C/C=C\C/C=C\C/C=C\CCCCCCCCCCCCCCCCCCCCCC(=O)NC(COP(=O)([O-])OCC[N+](C)(C)C)C(O)/C=C/CCCCCCCCCCCCCC. The van der Waals surface area contributed by atoms with E-state index in [4.69, 9.17) is 9.05 Å². The first kappa shape index (κ1) is 74.4. The highest BCUT2D eigenvalue weighted by Gasteiger charge is 2.23. The van der Waals surface area contributed by atoms with Crippen LogP contribution < -0.4 is 10.2 Å². The highest BCUT2D eigenvalue weighted by molar-refractivity contribution is 7.45. The van der Waals surface area contributed by atoms with Crippen molar-refractivity contribution in [3.05, 3.63) is 97.2 Å². The summed E-state index contributed by atoms with van der Waals surface area (Å²) in [7, 11) is 1.26.